The molecule has 0 aromatic heterocycles. The van der Waals surface area contributed by atoms with Crippen molar-refractivity contribution in [3.63, 3.8) is 0 Å². The van der Waals surface area contributed by atoms with Crippen LogP contribution in [-0.2, 0) is 11.3 Å². The van der Waals surface area contributed by atoms with Crippen molar-refractivity contribution in [1.29, 1.82) is 0 Å². The van der Waals surface area contributed by atoms with Crippen LogP contribution in [0.3, 0.4) is 0 Å². The molecule has 0 radical (unpaired) electrons. The number of amides is 1. The molecule has 136 valence electrons. The molecule has 0 saturated heterocycles. The van der Waals surface area contributed by atoms with Crippen molar-refractivity contribution in [3.8, 4) is 0 Å². The van der Waals surface area contributed by atoms with E-state index in [0.29, 0.717) is 19.5 Å². The van der Waals surface area contributed by atoms with Gasteiger partial charge >= 0.3 is 0 Å². The van der Waals surface area contributed by atoms with Gasteiger partial charge in [0, 0.05) is 47.2 Å². The Kier molecular flexibility index (Phi) is 12.3. The predicted molar refractivity (Wildman–Crippen MR) is 112 cm³/mol. The van der Waals surface area contributed by atoms with E-state index in [2.05, 4.69) is 22.1 Å². The van der Waals surface area contributed by atoms with Crippen LogP contribution in [0.1, 0.15) is 31.7 Å². The molecule has 1 aromatic rings. The Balaban J connectivity index is 0.00000529. The first-order valence-corrected chi connectivity index (χ1v) is 8.28. The number of unbranched alkanes of at least 4 members (excludes halogenated alkanes) is 1. The number of hydrogen-bond acceptors (Lipinski definition) is 2. The zero-order valence-electron chi connectivity index (χ0n) is 15.3. The number of nitrogens with zero attached hydrogens (tertiary/aromatic N) is 3. The van der Waals surface area contributed by atoms with E-state index in [4.69, 9.17) is 0 Å². The lowest BCUT2D eigenvalue weighted by Crippen LogP contribution is -2.41. The number of carbonyl (C=O) groups is 1. The standard InChI is InChI=1S/C18H30N4O.HI/c1-5-6-14-21(3)18(19-2)20-13-12-17(23)22(4)15-16-10-8-7-9-11-16;/h7-11H,5-6,12-15H2,1-4H3,(H,19,20);1H. The van der Waals surface area contributed by atoms with Gasteiger partial charge in [-0.3, -0.25) is 9.79 Å². The van der Waals surface area contributed by atoms with Crippen molar-refractivity contribution in [2.75, 3.05) is 34.2 Å². The molecule has 0 saturated carbocycles. The third kappa shape index (κ3) is 8.52. The monoisotopic (exact) mass is 446 g/mol. The number of nitrogens with one attached hydrogen (secondary N) is 1. The second kappa shape index (κ2) is 13.0. The number of aliphatic imine (C=N–C) groups is 1. The Morgan fingerprint density at radius 1 is 1.17 bits per heavy atom. The van der Waals surface area contributed by atoms with Gasteiger partial charge in [-0.05, 0) is 12.0 Å². The van der Waals surface area contributed by atoms with E-state index in [1.165, 1.54) is 0 Å². The summed E-state index contributed by atoms with van der Waals surface area (Å²) in [5, 5.41) is 3.26. The quantitative estimate of drug-likeness (QED) is 0.380. The molecule has 0 atom stereocenters. The van der Waals surface area contributed by atoms with Gasteiger partial charge < -0.3 is 15.1 Å². The molecule has 1 aromatic carbocycles. The number of halogens is 1. The number of guanidine groups is 1. The molecule has 1 rings (SSSR count). The first-order chi connectivity index (χ1) is 11.1. The summed E-state index contributed by atoms with van der Waals surface area (Å²) in [7, 11) is 5.64. The van der Waals surface area contributed by atoms with Crippen LogP contribution in [0.15, 0.2) is 35.3 Å². The molecule has 6 heteroatoms. The molecule has 1 amide bonds. The van der Waals surface area contributed by atoms with Crippen molar-refractivity contribution in [2.24, 2.45) is 4.99 Å². The molecule has 0 fully saturated rings. The average molecular weight is 446 g/mol. The molecule has 0 unspecified atom stereocenters. The lowest BCUT2D eigenvalue weighted by molar-refractivity contribution is -0.130. The minimum Gasteiger partial charge on any atom is -0.356 e. The van der Waals surface area contributed by atoms with Crippen LogP contribution < -0.4 is 5.32 Å². The zero-order chi connectivity index (χ0) is 17.1. The minimum absolute atomic E-state index is 0. The molecule has 0 heterocycles. The van der Waals surface area contributed by atoms with Crippen LogP contribution >= 0.6 is 24.0 Å². The highest BCUT2D eigenvalue weighted by atomic mass is 127. The largest absolute Gasteiger partial charge is 0.356 e. The third-order valence-corrected chi connectivity index (χ3v) is 3.73. The summed E-state index contributed by atoms with van der Waals surface area (Å²) in [4.78, 5) is 20.3. The van der Waals surface area contributed by atoms with Crippen LogP contribution in [0.4, 0.5) is 0 Å². The molecule has 5 nitrogen and oxygen atoms in total. The minimum atomic E-state index is 0. The van der Waals surface area contributed by atoms with Crippen LogP contribution in [0.5, 0.6) is 0 Å². The van der Waals surface area contributed by atoms with Crippen molar-refractivity contribution in [2.45, 2.75) is 32.7 Å². The molecule has 0 aliphatic heterocycles. The van der Waals surface area contributed by atoms with Gasteiger partial charge in [-0.2, -0.15) is 0 Å². The smallest absolute Gasteiger partial charge is 0.224 e. The van der Waals surface area contributed by atoms with E-state index >= 15 is 0 Å². The number of carbonyl (C=O) groups excluding carboxylic acids is 1. The van der Waals surface area contributed by atoms with Gasteiger partial charge in [0.15, 0.2) is 5.96 Å². The van der Waals surface area contributed by atoms with E-state index in [9.17, 15) is 4.79 Å². The van der Waals surface area contributed by atoms with Crippen LogP contribution in [0, 0.1) is 0 Å². The van der Waals surface area contributed by atoms with E-state index in [0.717, 1.165) is 30.9 Å². The molecular formula is C18H31IN4O. The number of benzene rings is 1. The lowest BCUT2D eigenvalue weighted by atomic mass is 10.2. The first kappa shape index (κ1) is 22.7. The summed E-state index contributed by atoms with van der Waals surface area (Å²) in [6.45, 7) is 4.38. The van der Waals surface area contributed by atoms with Gasteiger partial charge in [-0.1, -0.05) is 43.7 Å². The fourth-order valence-electron chi connectivity index (χ4n) is 2.30. The first-order valence-electron chi connectivity index (χ1n) is 8.28. The van der Waals surface area contributed by atoms with Gasteiger partial charge in [-0.25, -0.2) is 0 Å². The molecule has 24 heavy (non-hydrogen) atoms. The van der Waals surface area contributed by atoms with E-state index in [-0.39, 0.29) is 29.9 Å². The maximum absolute atomic E-state index is 12.2. The van der Waals surface area contributed by atoms with Crippen LogP contribution in [0.25, 0.3) is 0 Å². The average Bonchev–Trinajstić information content (AvgIpc) is 2.57. The Bertz CT molecular complexity index is 493. The molecule has 0 aliphatic carbocycles. The summed E-state index contributed by atoms with van der Waals surface area (Å²) < 4.78 is 0. The fourth-order valence-corrected chi connectivity index (χ4v) is 2.30. The Morgan fingerprint density at radius 3 is 2.42 bits per heavy atom. The number of hydrogen-bond donors (Lipinski definition) is 1. The SMILES string of the molecule is CCCCN(C)C(=NC)NCCC(=O)N(C)Cc1ccccc1.I. The summed E-state index contributed by atoms with van der Waals surface area (Å²) in [5.41, 5.74) is 1.14. The van der Waals surface area contributed by atoms with Crippen LogP contribution in [0.2, 0.25) is 0 Å². The Hall–Kier alpha value is -1.31. The molecule has 1 N–H and O–H groups in total. The highest BCUT2D eigenvalue weighted by molar-refractivity contribution is 14.0. The van der Waals surface area contributed by atoms with Crippen molar-refractivity contribution in [3.05, 3.63) is 35.9 Å². The van der Waals surface area contributed by atoms with E-state index in [1.54, 1.807) is 11.9 Å². The maximum Gasteiger partial charge on any atom is 0.224 e. The maximum atomic E-state index is 12.2. The highest BCUT2D eigenvalue weighted by Crippen LogP contribution is 2.03. The van der Waals surface area contributed by atoms with Gasteiger partial charge in [0.1, 0.15) is 0 Å². The van der Waals surface area contributed by atoms with Gasteiger partial charge in [0.2, 0.25) is 5.91 Å². The normalized spacial score (nSPS) is 10.8. The van der Waals surface area contributed by atoms with Crippen LogP contribution in [-0.4, -0.2) is 55.9 Å². The van der Waals surface area contributed by atoms with Gasteiger partial charge in [-0.15, -0.1) is 24.0 Å². The molecule has 0 bridgehead atoms. The lowest BCUT2D eigenvalue weighted by Gasteiger charge is -2.22. The molecular weight excluding hydrogens is 415 g/mol. The predicted octanol–water partition coefficient (Wildman–Crippen LogP) is 2.96. The molecule has 0 aliphatic rings. The Labute approximate surface area is 163 Å². The van der Waals surface area contributed by atoms with Crippen molar-refractivity contribution >= 4 is 35.8 Å². The second-order valence-corrected chi connectivity index (χ2v) is 5.73. The third-order valence-electron chi connectivity index (χ3n) is 3.73. The van der Waals surface area contributed by atoms with Crippen molar-refractivity contribution < 1.29 is 4.79 Å². The Morgan fingerprint density at radius 2 is 1.83 bits per heavy atom. The molecule has 0 spiro atoms. The van der Waals surface area contributed by atoms with E-state index in [1.807, 2.05) is 44.4 Å². The summed E-state index contributed by atoms with van der Waals surface area (Å²) in [6.07, 6.45) is 2.75. The fraction of sp³-hybridized carbons (Fsp3) is 0.556. The second-order valence-electron chi connectivity index (χ2n) is 5.73. The van der Waals surface area contributed by atoms with Gasteiger partial charge in [0.25, 0.3) is 0 Å². The van der Waals surface area contributed by atoms with E-state index < -0.39 is 0 Å². The topological polar surface area (TPSA) is 47.9 Å². The summed E-state index contributed by atoms with van der Waals surface area (Å²) in [5.74, 6) is 0.977. The zero-order valence-corrected chi connectivity index (χ0v) is 17.6. The van der Waals surface area contributed by atoms with Crippen molar-refractivity contribution in [1.82, 2.24) is 15.1 Å². The summed E-state index contributed by atoms with van der Waals surface area (Å²) in [6, 6.07) is 10.0. The highest BCUT2D eigenvalue weighted by Gasteiger charge is 2.10. The number of rotatable bonds is 8. The van der Waals surface area contributed by atoms with Gasteiger partial charge in [0.05, 0.1) is 0 Å². The summed E-state index contributed by atoms with van der Waals surface area (Å²) >= 11 is 0.